The van der Waals surface area contributed by atoms with Gasteiger partial charge in [0.15, 0.2) is 0 Å². The highest BCUT2D eigenvalue weighted by Gasteiger charge is 2.28. The Morgan fingerprint density at radius 1 is 1.10 bits per heavy atom. The van der Waals surface area contributed by atoms with E-state index in [1.54, 1.807) is 30.6 Å². The van der Waals surface area contributed by atoms with Gasteiger partial charge in [-0.3, -0.25) is 4.79 Å². The Kier molecular flexibility index (Phi) is 6.00. The molecule has 1 aromatic carbocycles. The summed E-state index contributed by atoms with van der Waals surface area (Å²) < 4.78 is 24.5. The average Bonchev–Trinajstić information content (AvgIpc) is 3.11. The van der Waals surface area contributed by atoms with E-state index in [2.05, 4.69) is 4.98 Å². The lowest BCUT2D eigenvalue weighted by molar-refractivity contribution is -0.132. The molecule has 8 nitrogen and oxygen atoms in total. The summed E-state index contributed by atoms with van der Waals surface area (Å²) in [4.78, 5) is 42.9. The van der Waals surface area contributed by atoms with Crippen LogP contribution in [0.15, 0.2) is 18.3 Å². The number of carbonyl (C=O) groups is 3. The average molecular weight is 419 g/mol. The first-order valence-electron chi connectivity index (χ1n) is 9.73. The van der Waals surface area contributed by atoms with Crippen molar-refractivity contribution in [3.63, 3.8) is 0 Å². The van der Waals surface area contributed by atoms with Gasteiger partial charge in [-0.05, 0) is 38.5 Å². The minimum Gasteiger partial charge on any atom is -0.465 e. The number of ether oxygens (including phenoxy) is 2. The Labute approximate surface area is 173 Å². The molecule has 2 aromatic rings. The summed E-state index contributed by atoms with van der Waals surface area (Å²) in [6.07, 6.45) is 1.12. The third-order valence-electron chi connectivity index (χ3n) is 4.90. The summed E-state index contributed by atoms with van der Waals surface area (Å²) in [7, 11) is 1.25. The number of piperazine rings is 1. The van der Waals surface area contributed by atoms with Crippen LogP contribution in [0.4, 0.5) is 9.18 Å². The van der Waals surface area contributed by atoms with Gasteiger partial charge in [0, 0.05) is 37.8 Å². The standard InChI is InChI=1S/C21H26FN3O5/c1-21(2,3)30-20(28)25-9-7-24(8-10-25)16(26)11-13-12-23-18-14(19(27)29-4)5-6-15(22)17(13)18/h5-6,12,23H,7-11H2,1-4H3. The zero-order valence-corrected chi connectivity index (χ0v) is 17.6. The molecule has 1 fully saturated rings. The summed E-state index contributed by atoms with van der Waals surface area (Å²) in [5.74, 6) is -1.28. The lowest BCUT2D eigenvalue weighted by Gasteiger charge is -2.35. The lowest BCUT2D eigenvalue weighted by Crippen LogP contribution is -2.51. The van der Waals surface area contributed by atoms with Crippen LogP contribution in [0.25, 0.3) is 10.9 Å². The van der Waals surface area contributed by atoms with Crippen molar-refractivity contribution in [3.05, 3.63) is 35.3 Å². The third kappa shape index (κ3) is 4.55. The van der Waals surface area contributed by atoms with Crippen molar-refractivity contribution in [2.24, 2.45) is 0 Å². The number of methoxy groups -OCH3 is 1. The van der Waals surface area contributed by atoms with Crippen LogP contribution in [0.2, 0.25) is 0 Å². The van der Waals surface area contributed by atoms with Crippen LogP contribution in [-0.2, 0) is 20.7 Å². The van der Waals surface area contributed by atoms with Crippen molar-refractivity contribution in [1.82, 2.24) is 14.8 Å². The fraction of sp³-hybridized carbons (Fsp3) is 0.476. The number of aromatic nitrogens is 1. The number of amides is 2. The zero-order chi connectivity index (χ0) is 22.1. The quantitative estimate of drug-likeness (QED) is 0.773. The number of hydrogen-bond acceptors (Lipinski definition) is 5. The largest absolute Gasteiger partial charge is 0.465 e. The molecule has 2 amide bonds. The maximum Gasteiger partial charge on any atom is 0.410 e. The van der Waals surface area contributed by atoms with Gasteiger partial charge in [0.25, 0.3) is 0 Å². The molecule has 3 rings (SSSR count). The molecule has 1 aliphatic rings. The van der Waals surface area contributed by atoms with Crippen LogP contribution in [0, 0.1) is 5.82 Å². The van der Waals surface area contributed by atoms with E-state index < -0.39 is 23.5 Å². The fourth-order valence-corrected chi connectivity index (χ4v) is 3.43. The number of rotatable bonds is 3. The van der Waals surface area contributed by atoms with E-state index in [1.807, 2.05) is 0 Å². The summed E-state index contributed by atoms with van der Waals surface area (Å²) in [5.41, 5.74) is 0.401. The lowest BCUT2D eigenvalue weighted by atomic mass is 10.1. The normalized spacial score (nSPS) is 14.7. The van der Waals surface area contributed by atoms with Crippen LogP contribution in [0.3, 0.4) is 0 Å². The molecule has 0 unspecified atom stereocenters. The Hall–Kier alpha value is -3.10. The minimum atomic E-state index is -0.585. The van der Waals surface area contributed by atoms with E-state index in [0.717, 1.165) is 0 Å². The van der Waals surface area contributed by atoms with E-state index in [9.17, 15) is 18.8 Å². The molecule has 0 bridgehead atoms. The number of benzene rings is 1. The number of esters is 1. The number of nitrogens with zero attached hydrogens (tertiary/aromatic N) is 2. The van der Waals surface area contributed by atoms with Crippen LogP contribution >= 0.6 is 0 Å². The van der Waals surface area contributed by atoms with Crippen molar-refractivity contribution < 1.29 is 28.2 Å². The molecule has 1 aliphatic heterocycles. The topological polar surface area (TPSA) is 91.9 Å². The van der Waals surface area contributed by atoms with Gasteiger partial charge in [-0.25, -0.2) is 14.0 Å². The summed E-state index contributed by atoms with van der Waals surface area (Å²) in [6, 6.07) is 2.54. The van der Waals surface area contributed by atoms with Gasteiger partial charge in [-0.15, -0.1) is 0 Å². The molecule has 0 aliphatic carbocycles. The first-order chi connectivity index (χ1) is 14.1. The monoisotopic (exact) mass is 419 g/mol. The molecule has 162 valence electrons. The highest BCUT2D eigenvalue weighted by atomic mass is 19.1. The molecule has 30 heavy (non-hydrogen) atoms. The predicted octanol–water partition coefficient (Wildman–Crippen LogP) is 2.72. The molecule has 0 spiro atoms. The highest BCUT2D eigenvalue weighted by molar-refractivity contribution is 6.04. The number of aromatic amines is 1. The van der Waals surface area contributed by atoms with Crippen molar-refractivity contribution in [2.45, 2.75) is 32.8 Å². The van der Waals surface area contributed by atoms with Gasteiger partial charge in [-0.2, -0.15) is 0 Å². The molecule has 0 atom stereocenters. The van der Waals surface area contributed by atoms with Gasteiger partial charge in [0.2, 0.25) is 5.91 Å². The van der Waals surface area contributed by atoms with Crippen molar-refractivity contribution >= 4 is 28.9 Å². The maximum absolute atomic E-state index is 14.4. The first-order valence-corrected chi connectivity index (χ1v) is 9.73. The summed E-state index contributed by atoms with van der Waals surface area (Å²) in [5, 5.41) is 0.207. The van der Waals surface area contributed by atoms with Gasteiger partial charge in [0.1, 0.15) is 11.4 Å². The molecule has 1 saturated heterocycles. The van der Waals surface area contributed by atoms with Crippen molar-refractivity contribution in [2.75, 3.05) is 33.3 Å². The van der Waals surface area contributed by atoms with Gasteiger partial charge in [0.05, 0.1) is 24.6 Å². The number of carbonyl (C=O) groups excluding carboxylic acids is 3. The molecule has 9 heteroatoms. The second kappa shape index (κ2) is 8.33. The number of H-pyrrole nitrogens is 1. The van der Waals surface area contributed by atoms with Gasteiger partial charge < -0.3 is 24.3 Å². The SMILES string of the molecule is COC(=O)c1ccc(F)c2c(CC(=O)N3CCN(C(=O)OC(C)(C)C)CC3)c[nH]c12. The molecule has 1 aromatic heterocycles. The molecular formula is C21H26FN3O5. The predicted molar refractivity (Wildman–Crippen MR) is 108 cm³/mol. The minimum absolute atomic E-state index is 0.0199. The highest BCUT2D eigenvalue weighted by Crippen LogP contribution is 2.26. The van der Waals surface area contributed by atoms with E-state index in [1.165, 1.54) is 25.4 Å². The van der Waals surface area contributed by atoms with Crippen molar-refractivity contribution in [1.29, 1.82) is 0 Å². The van der Waals surface area contributed by atoms with E-state index in [0.29, 0.717) is 37.3 Å². The second-order valence-corrected chi connectivity index (χ2v) is 8.18. The molecular weight excluding hydrogens is 393 g/mol. The summed E-state index contributed by atoms with van der Waals surface area (Å²) >= 11 is 0. The second-order valence-electron chi connectivity index (χ2n) is 8.18. The van der Waals surface area contributed by atoms with Crippen LogP contribution in [0.5, 0.6) is 0 Å². The Morgan fingerprint density at radius 2 is 1.73 bits per heavy atom. The zero-order valence-electron chi connectivity index (χ0n) is 17.6. The van der Waals surface area contributed by atoms with E-state index in [4.69, 9.17) is 9.47 Å². The number of nitrogens with one attached hydrogen (secondary N) is 1. The summed E-state index contributed by atoms with van der Waals surface area (Å²) in [6.45, 7) is 6.89. The van der Waals surface area contributed by atoms with Crippen LogP contribution in [-0.4, -0.2) is 71.6 Å². The van der Waals surface area contributed by atoms with Crippen LogP contribution < -0.4 is 0 Å². The van der Waals surface area contributed by atoms with E-state index >= 15 is 0 Å². The van der Waals surface area contributed by atoms with Gasteiger partial charge in [-0.1, -0.05) is 0 Å². The Balaban J connectivity index is 1.68. The number of fused-ring (bicyclic) bond motifs is 1. The Morgan fingerprint density at radius 3 is 2.33 bits per heavy atom. The maximum atomic E-state index is 14.4. The fourth-order valence-electron chi connectivity index (χ4n) is 3.43. The molecule has 0 radical (unpaired) electrons. The van der Waals surface area contributed by atoms with E-state index in [-0.39, 0.29) is 23.3 Å². The Bertz CT molecular complexity index is 971. The molecule has 1 N–H and O–H groups in total. The number of hydrogen-bond donors (Lipinski definition) is 1. The van der Waals surface area contributed by atoms with Crippen LogP contribution in [0.1, 0.15) is 36.7 Å². The number of halogens is 1. The van der Waals surface area contributed by atoms with Gasteiger partial charge >= 0.3 is 12.1 Å². The third-order valence-corrected chi connectivity index (χ3v) is 4.90. The first kappa shape index (κ1) is 21.6. The molecule has 2 heterocycles. The smallest absolute Gasteiger partial charge is 0.410 e. The molecule has 0 saturated carbocycles. The van der Waals surface area contributed by atoms with Crippen molar-refractivity contribution in [3.8, 4) is 0 Å².